The second kappa shape index (κ2) is 5.29. The Bertz CT molecular complexity index is 819. The molecule has 0 radical (unpaired) electrons. The fraction of sp³-hybridized carbons (Fsp3) is 0.0556. The highest BCUT2D eigenvalue weighted by Crippen LogP contribution is 2.33. The van der Waals surface area contributed by atoms with Crippen molar-refractivity contribution < 1.29 is 9.53 Å². The second-order valence-electron chi connectivity index (χ2n) is 4.80. The van der Waals surface area contributed by atoms with Crippen molar-refractivity contribution in [3.63, 3.8) is 0 Å². The van der Waals surface area contributed by atoms with E-state index in [1.54, 1.807) is 19.2 Å². The summed E-state index contributed by atoms with van der Waals surface area (Å²) >= 11 is 0. The van der Waals surface area contributed by atoms with Crippen molar-refractivity contribution in [2.45, 2.75) is 0 Å². The van der Waals surface area contributed by atoms with Crippen LogP contribution in [0.3, 0.4) is 0 Å². The summed E-state index contributed by atoms with van der Waals surface area (Å²) in [6.45, 7) is 0. The summed E-state index contributed by atoms with van der Waals surface area (Å²) in [5.74, 6) is 0.253. The van der Waals surface area contributed by atoms with Gasteiger partial charge in [-0.3, -0.25) is 4.79 Å². The van der Waals surface area contributed by atoms with Gasteiger partial charge in [-0.05, 0) is 40.1 Å². The van der Waals surface area contributed by atoms with Crippen LogP contribution in [0.1, 0.15) is 10.4 Å². The SMILES string of the molecule is COc1ccc(C(N)=O)c(-c2cccc3ccccc23)c1. The van der Waals surface area contributed by atoms with E-state index in [1.165, 1.54) is 0 Å². The van der Waals surface area contributed by atoms with Crippen LogP contribution in [-0.4, -0.2) is 13.0 Å². The fourth-order valence-electron chi connectivity index (χ4n) is 2.55. The summed E-state index contributed by atoms with van der Waals surface area (Å²) in [5, 5.41) is 2.20. The summed E-state index contributed by atoms with van der Waals surface area (Å²) < 4.78 is 5.27. The number of carbonyl (C=O) groups excluding carboxylic acids is 1. The van der Waals surface area contributed by atoms with Gasteiger partial charge in [0.05, 0.1) is 7.11 Å². The molecule has 0 spiro atoms. The standard InChI is InChI=1S/C18H15NO2/c1-21-13-9-10-16(18(19)20)17(11-13)15-8-4-6-12-5-2-3-7-14(12)15/h2-11H,1H3,(H2,19,20). The minimum Gasteiger partial charge on any atom is -0.497 e. The summed E-state index contributed by atoms with van der Waals surface area (Å²) in [6.07, 6.45) is 0. The third kappa shape index (κ3) is 2.34. The molecule has 2 N–H and O–H groups in total. The molecule has 3 aromatic carbocycles. The second-order valence-corrected chi connectivity index (χ2v) is 4.80. The first-order chi connectivity index (χ1) is 10.2. The zero-order valence-corrected chi connectivity index (χ0v) is 11.7. The van der Waals surface area contributed by atoms with Gasteiger partial charge in [-0.1, -0.05) is 42.5 Å². The predicted molar refractivity (Wildman–Crippen MR) is 84.5 cm³/mol. The molecule has 3 aromatic rings. The van der Waals surface area contributed by atoms with Crippen molar-refractivity contribution in [1.29, 1.82) is 0 Å². The van der Waals surface area contributed by atoms with Crippen LogP contribution in [0.25, 0.3) is 21.9 Å². The number of hydrogen-bond acceptors (Lipinski definition) is 2. The van der Waals surface area contributed by atoms with Crippen molar-refractivity contribution in [3.05, 3.63) is 66.2 Å². The van der Waals surface area contributed by atoms with Crippen LogP contribution in [0.15, 0.2) is 60.7 Å². The molecule has 0 atom stereocenters. The Morgan fingerprint density at radius 3 is 2.48 bits per heavy atom. The number of nitrogens with two attached hydrogens (primary N) is 1. The van der Waals surface area contributed by atoms with Crippen LogP contribution in [0.5, 0.6) is 5.75 Å². The summed E-state index contributed by atoms with van der Waals surface area (Å²) in [6, 6.07) is 19.4. The normalized spacial score (nSPS) is 10.5. The Labute approximate surface area is 123 Å². The van der Waals surface area contributed by atoms with Gasteiger partial charge in [0, 0.05) is 5.56 Å². The van der Waals surface area contributed by atoms with Crippen LogP contribution in [0.2, 0.25) is 0 Å². The lowest BCUT2D eigenvalue weighted by Gasteiger charge is -2.12. The molecule has 21 heavy (non-hydrogen) atoms. The maximum absolute atomic E-state index is 11.7. The van der Waals surface area contributed by atoms with Crippen LogP contribution in [0.4, 0.5) is 0 Å². The van der Waals surface area contributed by atoms with Crippen molar-refractivity contribution >= 4 is 16.7 Å². The van der Waals surface area contributed by atoms with Gasteiger partial charge < -0.3 is 10.5 Å². The maximum atomic E-state index is 11.7. The molecular weight excluding hydrogens is 262 g/mol. The average Bonchev–Trinajstić information content (AvgIpc) is 2.53. The number of carbonyl (C=O) groups is 1. The van der Waals surface area contributed by atoms with E-state index in [0.29, 0.717) is 11.3 Å². The number of hydrogen-bond donors (Lipinski definition) is 1. The van der Waals surface area contributed by atoms with E-state index in [-0.39, 0.29) is 0 Å². The van der Waals surface area contributed by atoms with Crippen molar-refractivity contribution in [3.8, 4) is 16.9 Å². The highest BCUT2D eigenvalue weighted by molar-refractivity contribution is 6.05. The number of methoxy groups -OCH3 is 1. The maximum Gasteiger partial charge on any atom is 0.249 e. The van der Waals surface area contributed by atoms with Crippen LogP contribution < -0.4 is 10.5 Å². The van der Waals surface area contributed by atoms with Crippen LogP contribution >= 0.6 is 0 Å². The smallest absolute Gasteiger partial charge is 0.249 e. The Balaban J connectivity index is 2.34. The lowest BCUT2D eigenvalue weighted by atomic mass is 9.94. The van der Waals surface area contributed by atoms with Gasteiger partial charge in [0.25, 0.3) is 0 Å². The molecule has 0 aromatic heterocycles. The van der Waals surface area contributed by atoms with Gasteiger partial charge in [0.1, 0.15) is 5.75 Å². The van der Waals surface area contributed by atoms with Gasteiger partial charge in [-0.25, -0.2) is 0 Å². The van der Waals surface area contributed by atoms with E-state index in [1.807, 2.05) is 48.5 Å². The summed E-state index contributed by atoms with van der Waals surface area (Å²) in [7, 11) is 1.60. The van der Waals surface area contributed by atoms with E-state index in [0.717, 1.165) is 21.9 Å². The van der Waals surface area contributed by atoms with E-state index in [9.17, 15) is 4.79 Å². The fourth-order valence-corrected chi connectivity index (χ4v) is 2.55. The number of benzene rings is 3. The quantitative estimate of drug-likeness (QED) is 0.795. The number of amides is 1. The predicted octanol–water partition coefficient (Wildman–Crippen LogP) is 3.61. The van der Waals surface area contributed by atoms with Crippen LogP contribution in [-0.2, 0) is 0 Å². The number of rotatable bonds is 3. The minimum atomic E-state index is -0.444. The minimum absolute atomic E-state index is 0.444. The first-order valence-corrected chi connectivity index (χ1v) is 6.66. The highest BCUT2D eigenvalue weighted by Gasteiger charge is 2.13. The molecule has 0 aliphatic rings. The molecule has 1 amide bonds. The molecule has 3 heteroatoms. The lowest BCUT2D eigenvalue weighted by molar-refractivity contribution is 0.100. The topological polar surface area (TPSA) is 52.3 Å². The summed E-state index contributed by atoms with van der Waals surface area (Å²) in [4.78, 5) is 11.7. The molecule has 0 saturated heterocycles. The number of fused-ring (bicyclic) bond motifs is 1. The molecular formula is C18H15NO2. The Hall–Kier alpha value is -2.81. The van der Waals surface area contributed by atoms with Gasteiger partial charge in [-0.15, -0.1) is 0 Å². The molecule has 0 fully saturated rings. The van der Waals surface area contributed by atoms with Crippen molar-refractivity contribution in [2.75, 3.05) is 7.11 Å². The van der Waals surface area contributed by atoms with Gasteiger partial charge in [-0.2, -0.15) is 0 Å². The van der Waals surface area contributed by atoms with Gasteiger partial charge >= 0.3 is 0 Å². The molecule has 0 bridgehead atoms. The Morgan fingerprint density at radius 2 is 1.71 bits per heavy atom. The first-order valence-electron chi connectivity index (χ1n) is 6.66. The number of primary amides is 1. The zero-order valence-electron chi connectivity index (χ0n) is 11.7. The zero-order chi connectivity index (χ0) is 14.8. The molecule has 0 aliphatic heterocycles. The molecule has 104 valence electrons. The largest absolute Gasteiger partial charge is 0.497 e. The monoisotopic (exact) mass is 277 g/mol. The Morgan fingerprint density at radius 1 is 0.952 bits per heavy atom. The summed E-state index contributed by atoms with van der Waals surface area (Å²) in [5.41, 5.74) is 7.76. The third-order valence-electron chi connectivity index (χ3n) is 3.57. The van der Waals surface area contributed by atoms with Crippen molar-refractivity contribution in [1.82, 2.24) is 0 Å². The van der Waals surface area contributed by atoms with E-state index in [2.05, 4.69) is 0 Å². The molecule has 3 nitrogen and oxygen atoms in total. The van der Waals surface area contributed by atoms with Gasteiger partial charge in [0.15, 0.2) is 0 Å². The van der Waals surface area contributed by atoms with E-state index >= 15 is 0 Å². The molecule has 0 heterocycles. The molecule has 0 saturated carbocycles. The van der Waals surface area contributed by atoms with E-state index in [4.69, 9.17) is 10.5 Å². The van der Waals surface area contributed by atoms with Gasteiger partial charge in [0.2, 0.25) is 5.91 Å². The highest BCUT2D eigenvalue weighted by atomic mass is 16.5. The number of ether oxygens (including phenoxy) is 1. The molecule has 3 rings (SSSR count). The van der Waals surface area contributed by atoms with E-state index < -0.39 is 5.91 Å². The van der Waals surface area contributed by atoms with Crippen molar-refractivity contribution in [2.24, 2.45) is 5.73 Å². The molecule has 0 aliphatic carbocycles. The average molecular weight is 277 g/mol. The van der Waals surface area contributed by atoms with Crippen LogP contribution in [0, 0.1) is 0 Å². The lowest BCUT2D eigenvalue weighted by Crippen LogP contribution is -2.12. The Kier molecular flexibility index (Phi) is 3.32. The molecule has 0 unspecified atom stereocenters. The third-order valence-corrected chi connectivity index (χ3v) is 3.57. The first kappa shape index (κ1) is 13.2.